The van der Waals surface area contributed by atoms with Crippen molar-refractivity contribution in [2.45, 2.75) is 13.8 Å². The molecule has 0 aromatic heterocycles. The SMILES string of the molecule is CCOC(=O)C1=C(C)NCN=C1. The third kappa shape index (κ3) is 1.84. The zero-order chi connectivity index (χ0) is 8.97. The van der Waals surface area contributed by atoms with Crippen LogP contribution in [0.4, 0.5) is 0 Å². The van der Waals surface area contributed by atoms with Gasteiger partial charge in [-0.3, -0.25) is 4.99 Å². The molecule has 1 N–H and O–H groups in total. The maximum Gasteiger partial charge on any atom is 0.341 e. The van der Waals surface area contributed by atoms with Gasteiger partial charge in [0, 0.05) is 11.9 Å². The van der Waals surface area contributed by atoms with E-state index < -0.39 is 0 Å². The van der Waals surface area contributed by atoms with Gasteiger partial charge in [0.2, 0.25) is 0 Å². The summed E-state index contributed by atoms with van der Waals surface area (Å²) in [4.78, 5) is 15.1. The van der Waals surface area contributed by atoms with E-state index in [1.807, 2.05) is 6.92 Å². The largest absolute Gasteiger partial charge is 0.462 e. The van der Waals surface area contributed by atoms with E-state index in [0.29, 0.717) is 18.8 Å². The summed E-state index contributed by atoms with van der Waals surface area (Å²) in [5, 5.41) is 2.95. The van der Waals surface area contributed by atoms with Crippen molar-refractivity contribution in [2.24, 2.45) is 4.99 Å². The van der Waals surface area contributed by atoms with Crippen molar-refractivity contribution < 1.29 is 9.53 Å². The molecule has 0 spiro atoms. The first-order chi connectivity index (χ1) is 5.75. The molecule has 1 heterocycles. The Bertz CT molecular complexity index is 243. The van der Waals surface area contributed by atoms with Crippen LogP contribution in [-0.2, 0) is 9.53 Å². The van der Waals surface area contributed by atoms with Crippen LogP contribution >= 0.6 is 0 Å². The predicted octanol–water partition coefficient (Wildman–Crippen LogP) is 0.455. The molecule has 1 aliphatic rings. The van der Waals surface area contributed by atoms with E-state index >= 15 is 0 Å². The minimum Gasteiger partial charge on any atom is -0.462 e. The average Bonchev–Trinajstić information content (AvgIpc) is 2.05. The molecule has 0 saturated carbocycles. The maximum atomic E-state index is 11.2. The lowest BCUT2D eigenvalue weighted by atomic mass is 10.2. The van der Waals surface area contributed by atoms with E-state index in [1.54, 1.807) is 13.1 Å². The summed E-state index contributed by atoms with van der Waals surface area (Å²) in [5.41, 5.74) is 1.34. The smallest absolute Gasteiger partial charge is 0.341 e. The first kappa shape index (κ1) is 8.77. The lowest BCUT2D eigenvalue weighted by Crippen LogP contribution is -2.23. The standard InChI is InChI=1S/C8H12N2O2/c1-3-12-8(11)7-4-9-5-10-6(7)2/h4,10H,3,5H2,1-2H3. The minimum absolute atomic E-state index is 0.314. The number of allylic oxidation sites excluding steroid dienone is 1. The topological polar surface area (TPSA) is 50.7 Å². The van der Waals surface area contributed by atoms with Crippen LogP contribution < -0.4 is 5.32 Å². The summed E-state index contributed by atoms with van der Waals surface area (Å²) in [6.07, 6.45) is 1.55. The van der Waals surface area contributed by atoms with Crippen molar-refractivity contribution in [1.29, 1.82) is 0 Å². The third-order valence-electron chi connectivity index (χ3n) is 1.56. The van der Waals surface area contributed by atoms with Gasteiger partial charge < -0.3 is 10.1 Å². The van der Waals surface area contributed by atoms with Gasteiger partial charge in [-0.25, -0.2) is 4.79 Å². The number of hydrogen-bond acceptors (Lipinski definition) is 4. The lowest BCUT2D eigenvalue weighted by Gasteiger charge is -2.12. The number of aliphatic imine (C=N–C) groups is 1. The lowest BCUT2D eigenvalue weighted by molar-refractivity contribution is -0.137. The average molecular weight is 168 g/mol. The number of nitrogens with one attached hydrogen (secondary N) is 1. The van der Waals surface area contributed by atoms with E-state index in [2.05, 4.69) is 10.3 Å². The van der Waals surface area contributed by atoms with Crippen LogP contribution in [0.2, 0.25) is 0 Å². The highest BCUT2D eigenvalue weighted by molar-refractivity contribution is 6.10. The Balaban J connectivity index is 2.72. The summed E-state index contributed by atoms with van der Waals surface area (Å²) in [6.45, 7) is 4.54. The van der Waals surface area contributed by atoms with Gasteiger partial charge in [0.15, 0.2) is 0 Å². The van der Waals surface area contributed by atoms with Gasteiger partial charge >= 0.3 is 5.97 Å². The molecule has 0 fully saturated rings. The quantitative estimate of drug-likeness (QED) is 0.609. The molecule has 0 unspecified atom stereocenters. The first-order valence-corrected chi connectivity index (χ1v) is 3.87. The Morgan fingerprint density at radius 2 is 2.58 bits per heavy atom. The van der Waals surface area contributed by atoms with E-state index in [4.69, 9.17) is 4.74 Å². The molecule has 0 atom stereocenters. The van der Waals surface area contributed by atoms with Gasteiger partial charge in [0.05, 0.1) is 12.2 Å². The maximum absolute atomic E-state index is 11.2. The van der Waals surface area contributed by atoms with Gasteiger partial charge in [0.25, 0.3) is 0 Å². The highest BCUT2D eigenvalue weighted by atomic mass is 16.5. The third-order valence-corrected chi connectivity index (χ3v) is 1.56. The Kier molecular flexibility index (Phi) is 2.85. The fourth-order valence-electron chi connectivity index (χ4n) is 0.908. The second kappa shape index (κ2) is 3.90. The second-order valence-electron chi connectivity index (χ2n) is 2.41. The molecule has 4 heteroatoms. The summed E-state index contributed by atoms with van der Waals surface area (Å²) < 4.78 is 4.82. The van der Waals surface area contributed by atoms with E-state index in [9.17, 15) is 4.79 Å². The van der Waals surface area contributed by atoms with Crippen LogP contribution in [0.3, 0.4) is 0 Å². The number of carbonyl (C=O) groups excluding carboxylic acids is 1. The van der Waals surface area contributed by atoms with Crippen molar-refractivity contribution in [2.75, 3.05) is 13.3 Å². The molecule has 0 radical (unpaired) electrons. The Morgan fingerprint density at radius 1 is 1.83 bits per heavy atom. The zero-order valence-electron chi connectivity index (χ0n) is 7.26. The molecular formula is C8H12N2O2. The predicted molar refractivity (Wildman–Crippen MR) is 45.8 cm³/mol. The molecular weight excluding hydrogens is 156 g/mol. The second-order valence-corrected chi connectivity index (χ2v) is 2.41. The molecule has 0 amide bonds. The number of ether oxygens (including phenoxy) is 1. The van der Waals surface area contributed by atoms with E-state index in [1.165, 1.54) is 0 Å². The monoisotopic (exact) mass is 168 g/mol. The van der Waals surface area contributed by atoms with Gasteiger partial charge in [-0.2, -0.15) is 0 Å². The summed E-state index contributed by atoms with van der Waals surface area (Å²) in [5.74, 6) is -0.314. The van der Waals surface area contributed by atoms with Crippen LogP contribution in [0.25, 0.3) is 0 Å². The van der Waals surface area contributed by atoms with Gasteiger partial charge in [-0.15, -0.1) is 0 Å². The molecule has 0 bridgehead atoms. The van der Waals surface area contributed by atoms with Crippen LogP contribution in [0, 0.1) is 0 Å². The number of hydrogen-bond donors (Lipinski definition) is 1. The summed E-state index contributed by atoms with van der Waals surface area (Å²) >= 11 is 0. The van der Waals surface area contributed by atoms with Crippen molar-refractivity contribution in [1.82, 2.24) is 5.32 Å². The van der Waals surface area contributed by atoms with E-state index in [0.717, 1.165) is 5.70 Å². The normalized spacial score (nSPS) is 15.8. The molecule has 0 aliphatic carbocycles. The van der Waals surface area contributed by atoms with Crippen LogP contribution in [0.1, 0.15) is 13.8 Å². The molecule has 4 nitrogen and oxygen atoms in total. The van der Waals surface area contributed by atoms with Crippen molar-refractivity contribution in [3.8, 4) is 0 Å². The van der Waals surface area contributed by atoms with Crippen LogP contribution in [0.15, 0.2) is 16.3 Å². The Labute approximate surface area is 71.3 Å². The van der Waals surface area contributed by atoms with Gasteiger partial charge in [-0.1, -0.05) is 0 Å². The van der Waals surface area contributed by atoms with Crippen LogP contribution in [0.5, 0.6) is 0 Å². The number of carbonyl (C=O) groups is 1. The molecule has 0 aromatic carbocycles. The Morgan fingerprint density at radius 3 is 3.17 bits per heavy atom. The Hall–Kier alpha value is -1.32. The van der Waals surface area contributed by atoms with Crippen molar-refractivity contribution >= 4 is 12.2 Å². The zero-order valence-corrected chi connectivity index (χ0v) is 7.26. The fraction of sp³-hybridized carbons (Fsp3) is 0.500. The number of esters is 1. The number of nitrogens with zero attached hydrogens (tertiary/aromatic N) is 1. The highest BCUT2D eigenvalue weighted by Gasteiger charge is 2.13. The van der Waals surface area contributed by atoms with E-state index in [-0.39, 0.29) is 5.97 Å². The van der Waals surface area contributed by atoms with Crippen molar-refractivity contribution in [3.05, 3.63) is 11.3 Å². The molecule has 12 heavy (non-hydrogen) atoms. The fourth-order valence-corrected chi connectivity index (χ4v) is 0.908. The molecule has 66 valence electrons. The van der Waals surface area contributed by atoms with Gasteiger partial charge in [-0.05, 0) is 13.8 Å². The first-order valence-electron chi connectivity index (χ1n) is 3.87. The highest BCUT2D eigenvalue weighted by Crippen LogP contribution is 2.04. The minimum atomic E-state index is -0.314. The molecule has 1 aliphatic heterocycles. The van der Waals surface area contributed by atoms with Crippen molar-refractivity contribution in [3.63, 3.8) is 0 Å². The summed E-state index contributed by atoms with van der Waals surface area (Å²) in [7, 11) is 0. The molecule has 1 rings (SSSR count). The number of rotatable bonds is 2. The summed E-state index contributed by atoms with van der Waals surface area (Å²) in [6, 6.07) is 0. The molecule has 0 aromatic rings. The van der Waals surface area contributed by atoms with Gasteiger partial charge in [0.1, 0.15) is 6.67 Å². The molecule has 0 saturated heterocycles. The van der Waals surface area contributed by atoms with Crippen LogP contribution in [-0.4, -0.2) is 25.5 Å².